The molecule has 0 aromatic carbocycles. The number of nitrogens with two attached hydrogens (primary N) is 1. The number of furan rings is 1. The Labute approximate surface area is 96.4 Å². The molecule has 1 amide bonds. The van der Waals surface area contributed by atoms with E-state index in [2.05, 4.69) is 0 Å². The average Bonchev–Trinajstić information content (AvgIpc) is 2.68. The van der Waals surface area contributed by atoms with E-state index in [1.165, 1.54) is 0 Å². The van der Waals surface area contributed by atoms with Crippen LogP contribution in [0.3, 0.4) is 0 Å². The molecule has 0 spiro atoms. The maximum atomic E-state index is 11.6. The van der Waals surface area contributed by atoms with E-state index in [-0.39, 0.29) is 5.91 Å². The molecule has 0 aliphatic carbocycles. The largest absolute Gasteiger partial charge is 0.466 e. The summed E-state index contributed by atoms with van der Waals surface area (Å²) in [6.07, 6.45) is 2.05. The highest BCUT2D eigenvalue weighted by Crippen LogP contribution is 2.07. The molecule has 1 aromatic heterocycles. The third kappa shape index (κ3) is 4.06. The Morgan fingerprint density at radius 3 is 2.81 bits per heavy atom. The second-order valence-electron chi connectivity index (χ2n) is 3.97. The van der Waals surface area contributed by atoms with Crippen LogP contribution in [0, 0.1) is 6.92 Å². The van der Waals surface area contributed by atoms with Gasteiger partial charge in [0.1, 0.15) is 11.5 Å². The summed E-state index contributed by atoms with van der Waals surface area (Å²) >= 11 is 0. The predicted molar refractivity (Wildman–Crippen MR) is 63.1 cm³/mol. The SMILES string of the molecule is Cc1ccc(CCN(C)C(=O)CCCN)o1. The molecule has 0 unspecified atom stereocenters. The van der Waals surface area contributed by atoms with Crippen LogP contribution in [-0.2, 0) is 11.2 Å². The molecule has 1 heterocycles. The lowest BCUT2D eigenvalue weighted by molar-refractivity contribution is -0.129. The summed E-state index contributed by atoms with van der Waals surface area (Å²) < 4.78 is 5.44. The highest BCUT2D eigenvalue weighted by atomic mass is 16.3. The zero-order chi connectivity index (χ0) is 12.0. The van der Waals surface area contributed by atoms with Gasteiger partial charge in [-0.3, -0.25) is 4.79 Å². The first-order chi connectivity index (χ1) is 7.63. The highest BCUT2D eigenvalue weighted by Gasteiger charge is 2.08. The molecule has 0 atom stereocenters. The molecule has 0 saturated carbocycles. The first-order valence-corrected chi connectivity index (χ1v) is 5.63. The van der Waals surface area contributed by atoms with E-state index in [1.54, 1.807) is 4.90 Å². The minimum atomic E-state index is 0.147. The lowest BCUT2D eigenvalue weighted by Gasteiger charge is -2.16. The summed E-state index contributed by atoms with van der Waals surface area (Å²) in [4.78, 5) is 13.3. The molecule has 2 N–H and O–H groups in total. The van der Waals surface area contributed by atoms with Crippen molar-refractivity contribution in [2.45, 2.75) is 26.2 Å². The van der Waals surface area contributed by atoms with Gasteiger partial charge in [-0.1, -0.05) is 0 Å². The second kappa shape index (κ2) is 6.33. The van der Waals surface area contributed by atoms with Crippen LogP contribution in [0.15, 0.2) is 16.5 Å². The molecule has 16 heavy (non-hydrogen) atoms. The first-order valence-electron chi connectivity index (χ1n) is 5.63. The molecule has 0 fully saturated rings. The van der Waals surface area contributed by atoms with Crippen molar-refractivity contribution in [2.24, 2.45) is 5.73 Å². The molecule has 0 saturated heterocycles. The van der Waals surface area contributed by atoms with E-state index < -0.39 is 0 Å². The van der Waals surface area contributed by atoms with Crippen LogP contribution in [-0.4, -0.2) is 30.9 Å². The monoisotopic (exact) mass is 224 g/mol. The van der Waals surface area contributed by atoms with Crippen molar-refractivity contribution >= 4 is 5.91 Å². The molecule has 0 bridgehead atoms. The van der Waals surface area contributed by atoms with Crippen molar-refractivity contribution in [1.29, 1.82) is 0 Å². The van der Waals surface area contributed by atoms with Crippen molar-refractivity contribution < 1.29 is 9.21 Å². The number of carbonyl (C=O) groups excluding carboxylic acids is 1. The fourth-order valence-electron chi connectivity index (χ4n) is 1.47. The fourth-order valence-corrected chi connectivity index (χ4v) is 1.47. The highest BCUT2D eigenvalue weighted by molar-refractivity contribution is 5.75. The summed E-state index contributed by atoms with van der Waals surface area (Å²) in [6.45, 7) is 3.17. The number of rotatable bonds is 6. The van der Waals surface area contributed by atoms with Crippen molar-refractivity contribution in [3.05, 3.63) is 23.7 Å². The van der Waals surface area contributed by atoms with Gasteiger partial charge in [0.25, 0.3) is 0 Å². The van der Waals surface area contributed by atoms with E-state index in [0.717, 1.165) is 24.4 Å². The summed E-state index contributed by atoms with van der Waals surface area (Å²) in [5, 5.41) is 0. The number of aryl methyl sites for hydroxylation is 1. The van der Waals surface area contributed by atoms with E-state index in [0.29, 0.717) is 19.5 Å². The van der Waals surface area contributed by atoms with Gasteiger partial charge in [-0.25, -0.2) is 0 Å². The van der Waals surface area contributed by atoms with Crippen LogP contribution in [0.25, 0.3) is 0 Å². The number of hydrogen-bond donors (Lipinski definition) is 1. The van der Waals surface area contributed by atoms with Crippen LogP contribution in [0.1, 0.15) is 24.4 Å². The molecular weight excluding hydrogens is 204 g/mol. The van der Waals surface area contributed by atoms with Crippen LogP contribution in [0.5, 0.6) is 0 Å². The Hall–Kier alpha value is -1.29. The Bertz CT molecular complexity index is 334. The normalized spacial score (nSPS) is 10.4. The molecular formula is C12H20N2O2. The maximum Gasteiger partial charge on any atom is 0.222 e. The summed E-state index contributed by atoms with van der Waals surface area (Å²) in [5.74, 6) is 1.98. The molecule has 0 radical (unpaired) electrons. The molecule has 0 aliphatic rings. The Kier molecular flexibility index (Phi) is 5.05. The third-order valence-corrected chi connectivity index (χ3v) is 2.51. The first kappa shape index (κ1) is 12.8. The van der Waals surface area contributed by atoms with Gasteiger partial charge in [0, 0.05) is 26.4 Å². The van der Waals surface area contributed by atoms with E-state index >= 15 is 0 Å². The van der Waals surface area contributed by atoms with E-state index in [1.807, 2.05) is 26.1 Å². The molecule has 1 rings (SSSR count). The minimum Gasteiger partial charge on any atom is -0.466 e. The van der Waals surface area contributed by atoms with Crippen molar-refractivity contribution in [2.75, 3.05) is 20.1 Å². The van der Waals surface area contributed by atoms with Gasteiger partial charge >= 0.3 is 0 Å². The number of nitrogens with zero attached hydrogens (tertiary/aromatic N) is 1. The Morgan fingerprint density at radius 1 is 1.50 bits per heavy atom. The van der Waals surface area contributed by atoms with Crippen LogP contribution < -0.4 is 5.73 Å². The standard InChI is InChI=1S/C12H20N2O2/c1-10-5-6-11(16-10)7-9-14(2)12(15)4-3-8-13/h5-6H,3-4,7-9,13H2,1-2H3. The smallest absolute Gasteiger partial charge is 0.222 e. The van der Waals surface area contributed by atoms with Gasteiger partial charge in [0.05, 0.1) is 0 Å². The number of carbonyl (C=O) groups is 1. The Morgan fingerprint density at radius 2 is 2.25 bits per heavy atom. The molecule has 4 heteroatoms. The van der Waals surface area contributed by atoms with Crippen molar-refractivity contribution in [3.8, 4) is 0 Å². The van der Waals surface area contributed by atoms with Gasteiger partial charge in [-0.15, -0.1) is 0 Å². The number of likely N-dealkylation sites (N-methyl/N-ethyl adjacent to an activating group) is 1. The minimum absolute atomic E-state index is 0.147. The summed E-state index contributed by atoms with van der Waals surface area (Å²) in [6, 6.07) is 3.89. The molecule has 0 aliphatic heterocycles. The zero-order valence-corrected chi connectivity index (χ0v) is 10.0. The lowest BCUT2D eigenvalue weighted by Crippen LogP contribution is -2.28. The van der Waals surface area contributed by atoms with Crippen molar-refractivity contribution in [1.82, 2.24) is 4.90 Å². The summed E-state index contributed by atoms with van der Waals surface area (Å²) in [7, 11) is 1.81. The molecule has 90 valence electrons. The number of amides is 1. The predicted octanol–water partition coefficient (Wildman–Crippen LogP) is 1.33. The Balaban J connectivity index is 2.29. The average molecular weight is 224 g/mol. The van der Waals surface area contributed by atoms with Crippen LogP contribution in [0.4, 0.5) is 0 Å². The topological polar surface area (TPSA) is 59.5 Å². The van der Waals surface area contributed by atoms with E-state index in [4.69, 9.17) is 10.2 Å². The fraction of sp³-hybridized carbons (Fsp3) is 0.583. The third-order valence-electron chi connectivity index (χ3n) is 2.51. The van der Waals surface area contributed by atoms with Crippen LogP contribution >= 0.6 is 0 Å². The lowest BCUT2D eigenvalue weighted by atomic mass is 10.2. The van der Waals surface area contributed by atoms with Gasteiger partial charge in [-0.05, 0) is 32.0 Å². The number of hydrogen-bond acceptors (Lipinski definition) is 3. The maximum absolute atomic E-state index is 11.6. The van der Waals surface area contributed by atoms with Crippen LogP contribution in [0.2, 0.25) is 0 Å². The van der Waals surface area contributed by atoms with Crippen molar-refractivity contribution in [3.63, 3.8) is 0 Å². The molecule has 4 nitrogen and oxygen atoms in total. The summed E-state index contributed by atoms with van der Waals surface area (Å²) in [5.41, 5.74) is 5.36. The van der Waals surface area contributed by atoms with E-state index in [9.17, 15) is 4.79 Å². The second-order valence-corrected chi connectivity index (χ2v) is 3.97. The zero-order valence-electron chi connectivity index (χ0n) is 10.0. The van der Waals surface area contributed by atoms with Gasteiger partial charge in [-0.2, -0.15) is 0 Å². The van der Waals surface area contributed by atoms with Gasteiger partial charge in [0.15, 0.2) is 0 Å². The quantitative estimate of drug-likeness (QED) is 0.793. The van der Waals surface area contributed by atoms with Gasteiger partial charge < -0.3 is 15.1 Å². The molecule has 1 aromatic rings. The van der Waals surface area contributed by atoms with Gasteiger partial charge in [0.2, 0.25) is 5.91 Å².